The first kappa shape index (κ1) is 19.4. The van der Waals surface area contributed by atoms with Gasteiger partial charge in [0.25, 0.3) is 0 Å². The van der Waals surface area contributed by atoms with E-state index in [1.807, 2.05) is 0 Å². The lowest BCUT2D eigenvalue weighted by molar-refractivity contribution is -0.117. The summed E-state index contributed by atoms with van der Waals surface area (Å²) in [5.41, 5.74) is -3.41. The third kappa shape index (κ3) is 2.37. The molecule has 152 valence electrons. The van der Waals surface area contributed by atoms with Gasteiger partial charge < -0.3 is 30.3 Å². The number of methoxy groups -OCH3 is 1. The molecule has 8 heteroatoms. The van der Waals surface area contributed by atoms with Crippen LogP contribution < -0.4 is 4.74 Å². The highest BCUT2D eigenvalue weighted by Gasteiger charge is 2.49. The highest BCUT2D eigenvalue weighted by molar-refractivity contribution is 6.31. The van der Waals surface area contributed by atoms with Crippen LogP contribution in [0, 0.1) is 0 Å². The van der Waals surface area contributed by atoms with E-state index in [9.17, 15) is 35.1 Å². The number of fused-ring (bicyclic) bond motifs is 3. The zero-order valence-electron chi connectivity index (χ0n) is 15.8. The normalized spacial score (nSPS) is 25.3. The van der Waals surface area contributed by atoms with Crippen LogP contribution >= 0.6 is 0 Å². The molecule has 0 aliphatic heterocycles. The van der Waals surface area contributed by atoms with Gasteiger partial charge in [-0.3, -0.25) is 9.59 Å². The van der Waals surface area contributed by atoms with Crippen molar-refractivity contribution in [3.8, 4) is 17.2 Å². The van der Waals surface area contributed by atoms with Crippen LogP contribution in [0.2, 0.25) is 0 Å². The number of phenols is 2. The quantitative estimate of drug-likeness (QED) is 0.407. The summed E-state index contributed by atoms with van der Waals surface area (Å²) >= 11 is 0. The second-order valence-corrected chi connectivity index (χ2v) is 7.40. The fourth-order valence-corrected chi connectivity index (χ4v) is 4.36. The predicted octanol–water partition coefficient (Wildman–Crippen LogP) is 1.49. The Morgan fingerprint density at radius 2 is 1.66 bits per heavy atom. The van der Waals surface area contributed by atoms with Gasteiger partial charge in [-0.15, -0.1) is 0 Å². The lowest BCUT2D eigenvalue weighted by atomic mass is 9.71. The molecule has 5 N–H and O–H groups in total. The molecule has 0 amide bonds. The number of hydrogen-bond acceptors (Lipinski definition) is 8. The van der Waals surface area contributed by atoms with E-state index < -0.39 is 52.0 Å². The first-order chi connectivity index (χ1) is 13.7. The molecule has 29 heavy (non-hydrogen) atoms. The van der Waals surface area contributed by atoms with Crippen molar-refractivity contribution in [1.82, 2.24) is 0 Å². The molecule has 0 radical (unpaired) electrons. The summed E-state index contributed by atoms with van der Waals surface area (Å²) in [6, 6.07) is 4.40. The van der Waals surface area contributed by atoms with Crippen molar-refractivity contribution in [2.24, 2.45) is 0 Å². The number of aromatic hydroxyl groups is 2. The standard InChI is InChI=1S/C21H20O8/c1-3-21(28)7-9(22)12-15(20(21)27)19(26)13-14(18(12)25)17(24)11-8(16(13)23)5-4-6-10(11)29-2/h4-6,9,20,22,25-28H,3,7H2,1-2H3/t9-,20?,21+/m0/s1. The molecule has 2 aromatic rings. The van der Waals surface area contributed by atoms with E-state index in [0.29, 0.717) is 0 Å². The molecule has 0 fully saturated rings. The molecule has 0 aromatic heterocycles. The van der Waals surface area contributed by atoms with Crippen molar-refractivity contribution in [1.29, 1.82) is 0 Å². The van der Waals surface area contributed by atoms with Crippen LogP contribution in [0.3, 0.4) is 0 Å². The summed E-state index contributed by atoms with van der Waals surface area (Å²) < 4.78 is 5.17. The minimum Gasteiger partial charge on any atom is -0.507 e. The molecular weight excluding hydrogens is 380 g/mol. The van der Waals surface area contributed by atoms with Gasteiger partial charge in [0.1, 0.15) is 23.4 Å². The van der Waals surface area contributed by atoms with Crippen molar-refractivity contribution >= 4 is 11.6 Å². The Balaban J connectivity index is 2.07. The molecule has 8 nitrogen and oxygen atoms in total. The molecule has 2 aromatic carbocycles. The summed E-state index contributed by atoms with van der Waals surface area (Å²) in [7, 11) is 1.33. The average molecular weight is 400 g/mol. The van der Waals surface area contributed by atoms with Crippen LogP contribution in [0.25, 0.3) is 0 Å². The Kier molecular flexibility index (Phi) is 4.20. The maximum Gasteiger partial charge on any atom is 0.202 e. The van der Waals surface area contributed by atoms with E-state index in [4.69, 9.17) is 4.74 Å². The third-order valence-corrected chi connectivity index (χ3v) is 5.97. The number of rotatable bonds is 2. The highest BCUT2D eigenvalue weighted by Crippen LogP contribution is 2.54. The van der Waals surface area contributed by atoms with Crippen LogP contribution in [0.5, 0.6) is 17.2 Å². The summed E-state index contributed by atoms with van der Waals surface area (Å²) in [4.78, 5) is 26.3. The lowest BCUT2D eigenvalue weighted by Gasteiger charge is -2.41. The van der Waals surface area contributed by atoms with E-state index in [-0.39, 0.29) is 40.8 Å². The van der Waals surface area contributed by atoms with E-state index in [1.165, 1.54) is 25.3 Å². The van der Waals surface area contributed by atoms with Gasteiger partial charge in [-0.05, 0) is 12.5 Å². The maximum atomic E-state index is 13.2. The van der Waals surface area contributed by atoms with Gasteiger partial charge in [0.15, 0.2) is 5.78 Å². The number of aliphatic hydroxyl groups excluding tert-OH is 2. The van der Waals surface area contributed by atoms with E-state index >= 15 is 0 Å². The first-order valence-electron chi connectivity index (χ1n) is 9.14. The van der Waals surface area contributed by atoms with E-state index in [2.05, 4.69) is 0 Å². The van der Waals surface area contributed by atoms with Gasteiger partial charge in [0.2, 0.25) is 5.78 Å². The van der Waals surface area contributed by atoms with E-state index in [1.54, 1.807) is 6.92 Å². The number of ketones is 2. The summed E-state index contributed by atoms with van der Waals surface area (Å²) in [5, 5.41) is 53.6. The minimum atomic E-state index is -1.77. The zero-order chi connectivity index (χ0) is 21.2. The molecule has 1 unspecified atom stereocenters. The molecule has 0 bridgehead atoms. The Hall–Kier alpha value is -2.94. The van der Waals surface area contributed by atoms with Crippen molar-refractivity contribution in [3.05, 3.63) is 51.6 Å². The number of ether oxygens (including phenoxy) is 1. The number of aliphatic hydroxyl groups is 3. The lowest BCUT2D eigenvalue weighted by Crippen LogP contribution is -2.42. The van der Waals surface area contributed by atoms with Crippen molar-refractivity contribution in [2.75, 3.05) is 7.11 Å². The second kappa shape index (κ2) is 6.28. The van der Waals surface area contributed by atoms with Crippen LogP contribution in [-0.2, 0) is 0 Å². The number of benzene rings is 2. The molecule has 2 aliphatic rings. The molecule has 3 atom stereocenters. The average Bonchev–Trinajstić information content (AvgIpc) is 2.70. The summed E-state index contributed by atoms with van der Waals surface area (Å²) in [6.45, 7) is 1.59. The van der Waals surface area contributed by atoms with Crippen LogP contribution in [0.15, 0.2) is 18.2 Å². The Bertz CT molecular complexity index is 1070. The van der Waals surface area contributed by atoms with Gasteiger partial charge in [0.05, 0.1) is 35.5 Å². The van der Waals surface area contributed by atoms with Crippen molar-refractivity contribution in [2.45, 2.75) is 37.6 Å². The smallest absolute Gasteiger partial charge is 0.202 e. The van der Waals surface area contributed by atoms with Crippen molar-refractivity contribution in [3.63, 3.8) is 0 Å². The Morgan fingerprint density at radius 1 is 1.03 bits per heavy atom. The van der Waals surface area contributed by atoms with Gasteiger partial charge in [-0.25, -0.2) is 0 Å². The summed E-state index contributed by atoms with van der Waals surface area (Å²) in [6.07, 6.45) is -3.39. The number of carbonyl (C=O) groups is 2. The fourth-order valence-electron chi connectivity index (χ4n) is 4.36. The molecule has 0 saturated heterocycles. The Labute approximate surface area is 165 Å². The van der Waals surface area contributed by atoms with Gasteiger partial charge in [0, 0.05) is 23.1 Å². The van der Waals surface area contributed by atoms with Gasteiger partial charge in [-0.2, -0.15) is 0 Å². The van der Waals surface area contributed by atoms with Crippen LogP contribution in [0.1, 0.15) is 74.9 Å². The number of phenolic OH excluding ortho intramolecular Hbond substituents is 2. The zero-order valence-corrected chi connectivity index (χ0v) is 15.8. The third-order valence-electron chi connectivity index (χ3n) is 5.97. The van der Waals surface area contributed by atoms with Crippen molar-refractivity contribution < 1.29 is 39.9 Å². The number of carbonyl (C=O) groups excluding carboxylic acids is 2. The SMILES string of the molecule is CC[C@@]1(O)C[C@H](O)c2c(O)c3c(c(O)c2C1O)C(=O)c1cccc(OC)c1C3=O. The van der Waals surface area contributed by atoms with E-state index in [0.717, 1.165) is 0 Å². The minimum absolute atomic E-state index is 0.0203. The van der Waals surface area contributed by atoms with Crippen LogP contribution in [0.4, 0.5) is 0 Å². The number of hydrogen-bond donors (Lipinski definition) is 5. The predicted molar refractivity (Wildman–Crippen MR) is 99.4 cm³/mol. The maximum absolute atomic E-state index is 13.2. The molecule has 0 spiro atoms. The topological polar surface area (TPSA) is 145 Å². The molecule has 0 saturated carbocycles. The molecule has 2 aliphatic carbocycles. The van der Waals surface area contributed by atoms with Crippen LogP contribution in [-0.4, -0.2) is 49.8 Å². The van der Waals surface area contributed by atoms with Gasteiger partial charge >= 0.3 is 0 Å². The monoisotopic (exact) mass is 400 g/mol. The molecular formula is C21H20O8. The summed E-state index contributed by atoms with van der Waals surface area (Å²) in [5.74, 6) is -2.80. The fraction of sp³-hybridized carbons (Fsp3) is 0.333. The first-order valence-corrected chi connectivity index (χ1v) is 9.14. The molecule has 0 heterocycles. The largest absolute Gasteiger partial charge is 0.507 e. The second-order valence-electron chi connectivity index (χ2n) is 7.40. The molecule has 4 rings (SSSR count). The highest BCUT2D eigenvalue weighted by atomic mass is 16.5. The Morgan fingerprint density at radius 3 is 2.28 bits per heavy atom. The van der Waals surface area contributed by atoms with Gasteiger partial charge in [-0.1, -0.05) is 19.1 Å².